The molecule has 0 bridgehead atoms. The smallest absolute Gasteiger partial charge is 0.260 e. The van der Waals surface area contributed by atoms with Crippen molar-refractivity contribution in [2.75, 3.05) is 25.4 Å². The number of ether oxygens (including phenoxy) is 1. The number of nitrogen functional groups attached to an aromatic ring is 1. The van der Waals surface area contributed by atoms with E-state index in [0.717, 1.165) is 0 Å². The number of hydrogen-bond donors (Lipinski definition) is 2. The number of benzene rings is 1. The van der Waals surface area contributed by atoms with Crippen molar-refractivity contribution in [3.8, 4) is 5.75 Å². The first-order valence-corrected chi connectivity index (χ1v) is 7.01. The predicted molar refractivity (Wildman–Crippen MR) is 80.1 cm³/mol. The fourth-order valence-electron chi connectivity index (χ4n) is 2.44. The molecule has 0 radical (unpaired) electrons. The second-order valence-corrected chi connectivity index (χ2v) is 5.43. The highest BCUT2D eigenvalue weighted by atomic mass is 16.5. The zero-order valence-electron chi connectivity index (χ0n) is 12.6. The molecule has 2 rings (SSSR count). The van der Waals surface area contributed by atoms with Crippen LogP contribution in [-0.4, -0.2) is 41.9 Å². The van der Waals surface area contributed by atoms with Crippen LogP contribution in [0.15, 0.2) is 18.2 Å². The maximum absolute atomic E-state index is 12.9. The van der Waals surface area contributed by atoms with E-state index < -0.39 is 5.54 Å². The minimum absolute atomic E-state index is 0.172. The minimum atomic E-state index is -0.916. The summed E-state index contributed by atoms with van der Waals surface area (Å²) in [6, 6.07) is 5.11. The van der Waals surface area contributed by atoms with Gasteiger partial charge in [-0.3, -0.25) is 9.59 Å². The Kier molecular flexibility index (Phi) is 4.06. The molecule has 1 heterocycles. The molecule has 1 aromatic carbocycles. The largest absolute Gasteiger partial charge is 0.493 e. The first-order valence-electron chi connectivity index (χ1n) is 7.01. The van der Waals surface area contributed by atoms with Crippen molar-refractivity contribution in [2.45, 2.75) is 26.3 Å². The highest BCUT2D eigenvalue weighted by Crippen LogP contribution is 2.29. The zero-order chi connectivity index (χ0) is 15.6. The molecule has 0 atom stereocenters. The molecule has 0 spiro atoms. The molecule has 21 heavy (non-hydrogen) atoms. The summed E-state index contributed by atoms with van der Waals surface area (Å²) in [5.74, 6) is -0.00440. The van der Waals surface area contributed by atoms with Gasteiger partial charge in [0.05, 0.1) is 6.61 Å². The number of rotatable bonds is 3. The van der Waals surface area contributed by atoms with Crippen LogP contribution in [-0.2, 0) is 4.79 Å². The number of nitrogens with zero attached hydrogens (tertiary/aromatic N) is 1. The third-order valence-electron chi connectivity index (χ3n) is 3.67. The number of anilines is 1. The number of nitrogens with two attached hydrogens (primary N) is 1. The Morgan fingerprint density at radius 1 is 1.48 bits per heavy atom. The van der Waals surface area contributed by atoms with E-state index in [-0.39, 0.29) is 11.8 Å². The standard InChI is InChI=1S/C15H21N3O3/c1-4-21-11-7-5-6-10(16)12(11)13(19)18-9-8-17-14(20)15(18,2)3/h5-7H,4,8-9,16H2,1-3H3,(H,17,20). The van der Waals surface area contributed by atoms with Crippen LogP contribution < -0.4 is 15.8 Å². The first kappa shape index (κ1) is 15.2. The van der Waals surface area contributed by atoms with Gasteiger partial charge in [-0.05, 0) is 32.9 Å². The average molecular weight is 291 g/mol. The van der Waals surface area contributed by atoms with Gasteiger partial charge < -0.3 is 20.7 Å². The molecule has 1 aliphatic rings. The molecule has 0 saturated carbocycles. The number of nitrogens with one attached hydrogen (secondary N) is 1. The SMILES string of the molecule is CCOc1cccc(N)c1C(=O)N1CCNC(=O)C1(C)C. The summed E-state index contributed by atoms with van der Waals surface area (Å²) in [6.07, 6.45) is 0. The van der Waals surface area contributed by atoms with Crippen LogP contribution in [0.4, 0.5) is 5.69 Å². The van der Waals surface area contributed by atoms with Crippen LogP contribution in [0.5, 0.6) is 5.75 Å². The van der Waals surface area contributed by atoms with Gasteiger partial charge in [0, 0.05) is 18.8 Å². The molecular formula is C15H21N3O3. The molecule has 6 nitrogen and oxygen atoms in total. The van der Waals surface area contributed by atoms with E-state index >= 15 is 0 Å². The van der Waals surface area contributed by atoms with Gasteiger partial charge >= 0.3 is 0 Å². The Balaban J connectivity index is 2.42. The summed E-state index contributed by atoms with van der Waals surface area (Å²) < 4.78 is 5.50. The lowest BCUT2D eigenvalue weighted by Crippen LogP contribution is -2.63. The Morgan fingerprint density at radius 3 is 2.86 bits per heavy atom. The summed E-state index contributed by atoms with van der Waals surface area (Å²) in [7, 11) is 0. The second kappa shape index (κ2) is 5.63. The van der Waals surface area contributed by atoms with Crippen molar-refractivity contribution in [1.29, 1.82) is 0 Å². The molecule has 6 heteroatoms. The molecule has 1 aromatic rings. The Bertz CT molecular complexity index is 569. The van der Waals surface area contributed by atoms with Gasteiger partial charge in [-0.15, -0.1) is 0 Å². The van der Waals surface area contributed by atoms with Gasteiger partial charge in [-0.2, -0.15) is 0 Å². The maximum atomic E-state index is 12.9. The molecule has 2 amide bonds. The second-order valence-electron chi connectivity index (χ2n) is 5.43. The van der Waals surface area contributed by atoms with Crippen LogP contribution in [0.2, 0.25) is 0 Å². The maximum Gasteiger partial charge on any atom is 0.260 e. The van der Waals surface area contributed by atoms with Gasteiger partial charge in [0.25, 0.3) is 5.91 Å². The van der Waals surface area contributed by atoms with Gasteiger partial charge in [0.2, 0.25) is 5.91 Å². The zero-order valence-corrected chi connectivity index (χ0v) is 12.6. The molecule has 1 fully saturated rings. The normalized spacial score (nSPS) is 17.3. The van der Waals surface area contributed by atoms with Crippen LogP contribution in [0.25, 0.3) is 0 Å². The lowest BCUT2D eigenvalue weighted by molar-refractivity contribution is -0.133. The molecule has 1 saturated heterocycles. The topological polar surface area (TPSA) is 84.7 Å². The van der Waals surface area contributed by atoms with E-state index in [2.05, 4.69) is 5.32 Å². The molecule has 3 N–H and O–H groups in total. The fraction of sp³-hybridized carbons (Fsp3) is 0.467. The number of carbonyl (C=O) groups is 2. The highest BCUT2D eigenvalue weighted by Gasteiger charge is 2.41. The third kappa shape index (κ3) is 2.66. The van der Waals surface area contributed by atoms with Gasteiger partial charge in [0.15, 0.2) is 0 Å². The lowest BCUT2D eigenvalue weighted by Gasteiger charge is -2.41. The van der Waals surface area contributed by atoms with E-state index in [1.165, 1.54) is 0 Å². The van der Waals surface area contributed by atoms with Crippen LogP contribution >= 0.6 is 0 Å². The summed E-state index contributed by atoms with van der Waals surface area (Å²) >= 11 is 0. The lowest BCUT2D eigenvalue weighted by atomic mass is 9.97. The third-order valence-corrected chi connectivity index (χ3v) is 3.67. The Labute approximate surface area is 124 Å². The van der Waals surface area contributed by atoms with E-state index in [1.54, 1.807) is 36.9 Å². The van der Waals surface area contributed by atoms with Crippen molar-refractivity contribution >= 4 is 17.5 Å². The average Bonchev–Trinajstić information content (AvgIpc) is 2.42. The van der Waals surface area contributed by atoms with Crippen molar-refractivity contribution in [1.82, 2.24) is 10.2 Å². The van der Waals surface area contributed by atoms with Crippen LogP contribution in [0.1, 0.15) is 31.1 Å². The van der Waals surface area contributed by atoms with Gasteiger partial charge in [-0.25, -0.2) is 0 Å². The summed E-state index contributed by atoms with van der Waals surface area (Å²) in [6.45, 7) is 6.60. The van der Waals surface area contributed by atoms with E-state index in [0.29, 0.717) is 36.7 Å². The first-order chi connectivity index (χ1) is 9.89. The molecular weight excluding hydrogens is 270 g/mol. The van der Waals surface area contributed by atoms with Crippen LogP contribution in [0.3, 0.4) is 0 Å². The Morgan fingerprint density at radius 2 is 2.19 bits per heavy atom. The van der Waals surface area contributed by atoms with Crippen molar-refractivity contribution in [3.05, 3.63) is 23.8 Å². The number of piperazine rings is 1. The Hall–Kier alpha value is -2.24. The van der Waals surface area contributed by atoms with E-state index in [1.807, 2.05) is 6.92 Å². The van der Waals surface area contributed by atoms with Crippen molar-refractivity contribution < 1.29 is 14.3 Å². The van der Waals surface area contributed by atoms with Gasteiger partial charge in [0.1, 0.15) is 16.9 Å². The molecule has 114 valence electrons. The summed E-state index contributed by atoms with van der Waals surface area (Å²) in [5.41, 5.74) is 5.71. The number of hydrogen-bond acceptors (Lipinski definition) is 4. The highest BCUT2D eigenvalue weighted by molar-refractivity contribution is 6.05. The van der Waals surface area contributed by atoms with Crippen molar-refractivity contribution in [2.24, 2.45) is 0 Å². The monoisotopic (exact) mass is 291 g/mol. The minimum Gasteiger partial charge on any atom is -0.493 e. The summed E-state index contributed by atoms with van der Waals surface area (Å²) in [4.78, 5) is 26.4. The van der Waals surface area contributed by atoms with E-state index in [4.69, 9.17) is 10.5 Å². The molecule has 0 unspecified atom stereocenters. The quantitative estimate of drug-likeness (QED) is 0.814. The molecule has 0 aliphatic carbocycles. The number of amides is 2. The molecule has 0 aromatic heterocycles. The number of carbonyl (C=O) groups excluding carboxylic acids is 2. The van der Waals surface area contributed by atoms with E-state index in [9.17, 15) is 9.59 Å². The van der Waals surface area contributed by atoms with Crippen molar-refractivity contribution in [3.63, 3.8) is 0 Å². The predicted octanol–water partition coefficient (Wildman–Crippen LogP) is 1.02. The summed E-state index contributed by atoms with van der Waals surface area (Å²) in [5, 5.41) is 2.77. The molecule has 1 aliphatic heterocycles. The van der Waals surface area contributed by atoms with Crippen LogP contribution in [0, 0.1) is 0 Å². The van der Waals surface area contributed by atoms with Gasteiger partial charge in [-0.1, -0.05) is 6.07 Å². The fourth-order valence-corrected chi connectivity index (χ4v) is 2.44.